The van der Waals surface area contributed by atoms with Gasteiger partial charge in [-0.3, -0.25) is 0 Å². The Balaban J connectivity index is 1.97. The van der Waals surface area contributed by atoms with Crippen molar-refractivity contribution in [1.29, 1.82) is 0 Å². The summed E-state index contributed by atoms with van der Waals surface area (Å²) in [6.45, 7) is 1.89. The molecule has 0 fully saturated rings. The highest BCUT2D eigenvalue weighted by molar-refractivity contribution is 5.80. The van der Waals surface area contributed by atoms with Crippen LogP contribution in [0.25, 0.3) is 22.3 Å². The van der Waals surface area contributed by atoms with Crippen LogP contribution in [0.4, 0.5) is 0 Å². The van der Waals surface area contributed by atoms with E-state index in [1.165, 1.54) is 0 Å². The molecule has 0 bridgehead atoms. The van der Waals surface area contributed by atoms with Crippen molar-refractivity contribution in [3.63, 3.8) is 0 Å². The summed E-state index contributed by atoms with van der Waals surface area (Å²) < 4.78 is 3.86. The number of rotatable bonds is 1. The molecule has 5 heteroatoms. The third kappa shape index (κ3) is 1.52. The summed E-state index contributed by atoms with van der Waals surface area (Å²) in [5.41, 5.74) is 4.19. The highest BCUT2D eigenvalue weighted by Gasteiger charge is 2.07. The highest BCUT2D eigenvalue weighted by atomic mass is 15.2. The van der Waals surface area contributed by atoms with Crippen molar-refractivity contribution in [3.8, 4) is 11.1 Å². The first-order valence-electron chi connectivity index (χ1n) is 6.05. The van der Waals surface area contributed by atoms with Crippen LogP contribution in [0.5, 0.6) is 0 Å². The van der Waals surface area contributed by atoms with E-state index in [1.807, 2.05) is 40.5 Å². The smallest absolute Gasteiger partial charge is 0.146 e. The molecule has 4 heterocycles. The molecule has 92 valence electrons. The zero-order chi connectivity index (χ0) is 12.8. The van der Waals surface area contributed by atoms with E-state index in [0.717, 1.165) is 28.1 Å². The van der Waals surface area contributed by atoms with E-state index < -0.39 is 0 Å². The summed E-state index contributed by atoms with van der Waals surface area (Å²) >= 11 is 0. The Hall–Kier alpha value is -2.69. The number of aryl methyl sites for hydroxylation is 1. The maximum atomic E-state index is 4.36. The van der Waals surface area contributed by atoms with Crippen molar-refractivity contribution >= 4 is 11.2 Å². The normalized spacial score (nSPS) is 11.4. The molecule has 0 saturated carbocycles. The van der Waals surface area contributed by atoms with Gasteiger partial charge in [-0.2, -0.15) is 5.10 Å². The van der Waals surface area contributed by atoms with Gasteiger partial charge in [-0.1, -0.05) is 0 Å². The molecule has 0 aliphatic rings. The molecule has 19 heavy (non-hydrogen) atoms. The van der Waals surface area contributed by atoms with Crippen LogP contribution in [0.2, 0.25) is 0 Å². The summed E-state index contributed by atoms with van der Waals surface area (Å²) in [5, 5.41) is 4.36. The lowest BCUT2D eigenvalue weighted by atomic mass is 10.1. The molecule has 5 nitrogen and oxygen atoms in total. The number of fused-ring (bicyclic) bond motifs is 2. The minimum absolute atomic E-state index is 0.764. The van der Waals surface area contributed by atoms with Gasteiger partial charge in [-0.05, 0) is 25.1 Å². The first-order valence-corrected chi connectivity index (χ1v) is 6.05. The fraction of sp³-hybridized carbons (Fsp3) is 0.0714. The first-order chi connectivity index (χ1) is 9.31. The van der Waals surface area contributed by atoms with Crippen LogP contribution in [0.15, 0.2) is 49.2 Å². The lowest BCUT2D eigenvalue weighted by Crippen LogP contribution is -1.95. The highest BCUT2D eigenvalue weighted by Crippen LogP contribution is 2.25. The van der Waals surface area contributed by atoms with Crippen molar-refractivity contribution < 1.29 is 0 Å². The number of nitrogens with zero attached hydrogens (tertiary/aromatic N) is 5. The molecule has 0 unspecified atom stereocenters. The third-order valence-corrected chi connectivity index (χ3v) is 3.23. The van der Waals surface area contributed by atoms with E-state index in [2.05, 4.69) is 33.4 Å². The maximum Gasteiger partial charge on any atom is 0.146 e. The average Bonchev–Trinajstić information content (AvgIpc) is 3.02. The second kappa shape index (κ2) is 3.65. The quantitative estimate of drug-likeness (QED) is 0.520. The predicted molar refractivity (Wildman–Crippen MR) is 71.9 cm³/mol. The summed E-state index contributed by atoms with van der Waals surface area (Å²) in [6, 6.07) is 6.13. The van der Waals surface area contributed by atoms with Crippen molar-refractivity contribution in [2.24, 2.45) is 0 Å². The van der Waals surface area contributed by atoms with Crippen molar-refractivity contribution in [1.82, 2.24) is 24.0 Å². The molecule has 0 saturated heterocycles. The molecule has 0 radical (unpaired) electrons. The van der Waals surface area contributed by atoms with Gasteiger partial charge >= 0.3 is 0 Å². The number of pyridine rings is 1. The Morgan fingerprint density at radius 2 is 2.00 bits per heavy atom. The lowest BCUT2D eigenvalue weighted by molar-refractivity contribution is 0.857. The molecule has 0 aliphatic carbocycles. The predicted octanol–water partition coefficient (Wildman–Crippen LogP) is 2.35. The van der Waals surface area contributed by atoms with Gasteiger partial charge in [-0.15, -0.1) is 0 Å². The van der Waals surface area contributed by atoms with Crippen LogP contribution in [0, 0.1) is 6.92 Å². The molecule has 4 aromatic heterocycles. The fourth-order valence-corrected chi connectivity index (χ4v) is 2.31. The van der Waals surface area contributed by atoms with E-state index in [0.29, 0.717) is 0 Å². The third-order valence-electron chi connectivity index (χ3n) is 3.23. The minimum atomic E-state index is 0.764. The number of aromatic nitrogens is 5. The van der Waals surface area contributed by atoms with Crippen molar-refractivity contribution in [2.45, 2.75) is 6.92 Å². The van der Waals surface area contributed by atoms with E-state index in [-0.39, 0.29) is 0 Å². The Morgan fingerprint density at radius 1 is 1.05 bits per heavy atom. The molecule has 4 aromatic rings. The van der Waals surface area contributed by atoms with Crippen LogP contribution >= 0.6 is 0 Å². The van der Waals surface area contributed by atoms with Gasteiger partial charge in [0.15, 0.2) is 0 Å². The maximum absolute atomic E-state index is 4.36. The number of hydrogen-bond donors (Lipinski definition) is 0. The van der Waals surface area contributed by atoms with E-state index in [1.54, 1.807) is 6.20 Å². The molecule has 0 atom stereocenters. The minimum Gasteiger partial charge on any atom is -0.306 e. The standard InChI is InChI=1S/C14H11N5/c1-10-16-8-13-12(4-6-19(13)17-10)11-2-3-14-15-5-7-18(14)9-11/h2-9H,1H3. The van der Waals surface area contributed by atoms with Gasteiger partial charge in [0, 0.05) is 35.9 Å². The zero-order valence-electron chi connectivity index (χ0n) is 10.4. The van der Waals surface area contributed by atoms with Crippen molar-refractivity contribution in [3.05, 3.63) is 55.0 Å². The Morgan fingerprint density at radius 3 is 2.95 bits per heavy atom. The zero-order valence-corrected chi connectivity index (χ0v) is 10.4. The second-order valence-electron chi connectivity index (χ2n) is 4.48. The lowest BCUT2D eigenvalue weighted by Gasteiger charge is -2.02. The van der Waals surface area contributed by atoms with Crippen molar-refractivity contribution in [2.75, 3.05) is 0 Å². The molecular weight excluding hydrogens is 238 g/mol. The van der Waals surface area contributed by atoms with Gasteiger partial charge < -0.3 is 4.40 Å². The van der Waals surface area contributed by atoms with Gasteiger partial charge in [0.1, 0.15) is 11.5 Å². The topological polar surface area (TPSA) is 47.5 Å². The number of hydrogen-bond acceptors (Lipinski definition) is 3. The SMILES string of the molecule is Cc1ncc2c(-c3ccc4nccn4c3)ccn2n1. The van der Waals surface area contributed by atoms with Gasteiger partial charge in [0.25, 0.3) is 0 Å². The Kier molecular flexibility index (Phi) is 1.97. The van der Waals surface area contributed by atoms with E-state index in [9.17, 15) is 0 Å². The van der Waals surface area contributed by atoms with Crippen LogP contribution in [0.3, 0.4) is 0 Å². The average molecular weight is 249 g/mol. The molecule has 0 amide bonds. The monoisotopic (exact) mass is 249 g/mol. The molecular formula is C14H11N5. The van der Waals surface area contributed by atoms with Gasteiger partial charge in [0.05, 0.1) is 11.7 Å². The largest absolute Gasteiger partial charge is 0.306 e. The van der Waals surface area contributed by atoms with Crippen LogP contribution in [-0.4, -0.2) is 24.0 Å². The van der Waals surface area contributed by atoms with Gasteiger partial charge in [0.2, 0.25) is 0 Å². The molecule has 0 aromatic carbocycles. The second-order valence-corrected chi connectivity index (χ2v) is 4.48. The fourth-order valence-electron chi connectivity index (χ4n) is 2.31. The summed E-state index contributed by atoms with van der Waals surface area (Å²) in [6.07, 6.45) is 9.62. The molecule has 0 aliphatic heterocycles. The van der Waals surface area contributed by atoms with Gasteiger partial charge in [-0.25, -0.2) is 14.5 Å². The van der Waals surface area contributed by atoms with E-state index >= 15 is 0 Å². The Bertz CT molecular complexity index is 887. The van der Waals surface area contributed by atoms with E-state index in [4.69, 9.17) is 0 Å². The Labute approximate surface area is 109 Å². The van der Waals surface area contributed by atoms with Crippen LogP contribution in [0.1, 0.15) is 5.82 Å². The summed E-state index contributed by atoms with van der Waals surface area (Å²) in [4.78, 5) is 8.52. The van der Waals surface area contributed by atoms with Crippen LogP contribution in [-0.2, 0) is 0 Å². The first kappa shape index (κ1) is 10.3. The summed E-state index contributed by atoms with van der Waals surface area (Å²) in [7, 11) is 0. The number of imidazole rings is 1. The molecule has 0 N–H and O–H groups in total. The van der Waals surface area contributed by atoms with Crippen LogP contribution < -0.4 is 0 Å². The molecule has 0 spiro atoms. The molecule has 4 rings (SSSR count). The summed E-state index contributed by atoms with van der Waals surface area (Å²) in [5.74, 6) is 0.764.